The summed E-state index contributed by atoms with van der Waals surface area (Å²) >= 11 is 0. The number of likely N-dealkylation sites (tertiary alicyclic amines) is 1. The quantitative estimate of drug-likeness (QED) is 0.635. The van der Waals surface area contributed by atoms with Gasteiger partial charge in [-0.25, -0.2) is 0 Å². The number of quaternary nitrogens is 1. The van der Waals surface area contributed by atoms with Crippen LogP contribution in [0, 0.1) is 11.8 Å². The van der Waals surface area contributed by atoms with E-state index in [4.69, 9.17) is 4.74 Å². The minimum Gasteiger partial charge on any atom is -0.462 e. The highest BCUT2D eigenvalue weighted by Crippen LogP contribution is 2.42. The van der Waals surface area contributed by atoms with Crippen LogP contribution in [-0.4, -0.2) is 54.4 Å². The van der Waals surface area contributed by atoms with Crippen molar-refractivity contribution in [3.8, 4) is 0 Å². The summed E-state index contributed by atoms with van der Waals surface area (Å²) in [5.41, 5.74) is -0.879. The largest absolute Gasteiger partial charge is 0.462 e. The summed E-state index contributed by atoms with van der Waals surface area (Å²) in [5.74, 6) is -0.0493. The van der Waals surface area contributed by atoms with E-state index in [2.05, 4.69) is 14.1 Å². The molecule has 0 aromatic carbocycles. The highest BCUT2D eigenvalue weighted by Gasteiger charge is 2.43. The Bertz CT molecular complexity index is 509. The third-order valence-electron chi connectivity index (χ3n) is 6.22. The molecule has 24 heavy (non-hydrogen) atoms. The van der Waals surface area contributed by atoms with Crippen molar-refractivity contribution in [1.82, 2.24) is 0 Å². The number of esters is 1. The van der Waals surface area contributed by atoms with Crippen molar-refractivity contribution in [3.05, 3.63) is 24.3 Å². The zero-order chi connectivity index (χ0) is 17.2. The minimum absolute atomic E-state index is 0.0475. The number of allylic oxidation sites excluding steroid dienone is 2. The molecule has 1 saturated carbocycles. The number of rotatable bonds is 4. The fourth-order valence-corrected chi connectivity index (χ4v) is 4.52. The molecule has 1 heterocycles. The van der Waals surface area contributed by atoms with Crippen molar-refractivity contribution >= 4 is 5.97 Å². The number of nitrogens with zero attached hydrogens (tertiary/aromatic N) is 1. The Kier molecular flexibility index (Phi) is 5.16. The second kappa shape index (κ2) is 7.01. The molecule has 0 aromatic rings. The van der Waals surface area contributed by atoms with Gasteiger partial charge in [0, 0.05) is 18.8 Å². The molecule has 0 aromatic heterocycles. The van der Waals surface area contributed by atoms with Crippen molar-refractivity contribution < 1.29 is 19.1 Å². The van der Waals surface area contributed by atoms with Gasteiger partial charge in [0.05, 0.1) is 39.2 Å². The van der Waals surface area contributed by atoms with Crippen LogP contribution in [0.25, 0.3) is 0 Å². The maximum Gasteiger partial charge on any atom is 0.306 e. The Labute approximate surface area is 145 Å². The Hall–Kier alpha value is -1.13. The molecule has 2 atom stereocenters. The smallest absolute Gasteiger partial charge is 0.306 e. The van der Waals surface area contributed by atoms with Gasteiger partial charge in [-0.3, -0.25) is 4.79 Å². The number of piperidine rings is 1. The Balaban J connectivity index is 1.56. The lowest BCUT2D eigenvalue weighted by Crippen LogP contribution is -2.48. The molecule has 2 aliphatic carbocycles. The third kappa shape index (κ3) is 3.92. The van der Waals surface area contributed by atoms with Crippen LogP contribution in [0.3, 0.4) is 0 Å². The van der Waals surface area contributed by atoms with E-state index in [1.54, 1.807) is 0 Å². The molecule has 0 amide bonds. The van der Waals surface area contributed by atoms with Crippen molar-refractivity contribution in [1.29, 1.82) is 0 Å². The van der Waals surface area contributed by atoms with Crippen LogP contribution in [0.15, 0.2) is 24.3 Å². The zero-order valence-corrected chi connectivity index (χ0v) is 15.1. The number of aliphatic hydroxyl groups is 1. The molecule has 1 N–H and O–H groups in total. The van der Waals surface area contributed by atoms with Gasteiger partial charge in [-0.2, -0.15) is 0 Å². The summed E-state index contributed by atoms with van der Waals surface area (Å²) < 4.78 is 6.73. The van der Waals surface area contributed by atoms with Crippen LogP contribution < -0.4 is 0 Å². The standard InChI is InChI=1S/C20H32NO3/c1-21(2)13-10-18(11-14-21)24-19(22)15-17-9-5-6-12-20(17,23)16-7-3-4-8-16/h5-6,9,12,16-18,23H,3-4,7-8,10-11,13-15H2,1-2H3/q+1. The van der Waals surface area contributed by atoms with E-state index >= 15 is 0 Å². The molecule has 3 aliphatic rings. The summed E-state index contributed by atoms with van der Waals surface area (Å²) in [7, 11) is 4.44. The zero-order valence-electron chi connectivity index (χ0n) is 15.1. The van der Waals surface area contributed by atoms with Gasteiger partial charge in [-0.15, -0.1) is 0 Å². The molecule has 1 aliphatic heterocycles. The van der Waals surface area contributed by atoms with Gasteiger partial charge >= 0.3 is 5.97 Å². The van der Waals surface area contributed by atoms with Crippen LogP contribution in [0.2, 0.25) is 0 Å². The van der Waals surface area contributed by atoms with Crippen LogP contribution in [-0.2, 0) is 9.53 Å². The van der Waals surface area contributed by atoms with E-state index in [0.717, 1.165) is 43.3 Å². The normalized spacial score (nSPS) is 33.7. The first-order valence-corrected chi connectivity index (χ1v) is 9.49. The molecule has 3 rings (SSSR count). The average molecular weight is 334 g/mol. The van der Waals surface area contributed by atoms with Crippen molar-refractivity contribution in [3.63, 3.8) is 0 Å². The van der Waals surface area contributed by atoms with E-state index in [1.165, 1.54) is 12.8 Å². The third-order valence-corrected chi connectivity index (χ3v) is 6.22. The van der Waals surface area contributed by atoms with Crippen molar-refractivity contribution in [2.45, 2.75) is 56.7 Å². The van der Waals surface area contributed by atoms with Crippen LogP contribution in [0.5, 0.6) is 0 Å². The molecule has 134 valence electrons. The lowest BCUT2D eigenvalue weighted by Gasteiger charge is -2.39. The molecule has 0 spiro atoms. The van der Waals surface area contributed by atoms with Gasteiger partial charge in [0.25, 0.3) is 0 Å². The molecule has 4 heteroatoms. The number of hydrogen-bond donors (Lipinski definition) is 1. The molecular weight excluding hydrogens is 302 g/mol. The van der Waals surface area contributed by atoms with Gasteiger partial charge < -0.3 is 14.3 Å². The monoisotopic (exact) mass is 334 g/mol. The molecular formula is C20H32NO3+. The van der Waals surface area contributed by atoms with Gasteiger partial charge in [-0.05, 0) is 18.8 Å². The molecule has 2 unspecified atom stereocenters. The van der Waals surface area contributed by atoms with E-state index in [9.17, 15) is 9.90 Å². The average Bonchev–Trinajstić information content (AvgIpc) is 3.07. The first kappa shape index (κ1) is 17.7. The number of carbonyl (C=O) groups is 1. The van der Waals surface area contributed by atoms with E-state index < -0.39 is 5.60 Å². The van der Waals surface area contributed by atoms with E-state index in [-0.39, 0.29) is 30.3 Å². The fraction of sp³-hybridized carbons (Fsp3) is 0.750. The minimum atomic E-state index is -0.879. The van der Waals surface area contributed by atoms with Crippen LogP contribution in [0.4, 0.5) is 0 Å². The summed E-state index contributed by atoms with van der Waals surface area (Å²) in [5, 5.41) is 11.2. The fourth-order valence-electron chi connectivity index (χ4n) is 4.52. The maximum atomic E-state index is 12.4. The predicted octanol–water partition coefficient (Wildman–Crippen LogP) is 2.82. The molecule has 0 bridgehead atoms. The molecule has 2 fully saturated rings. The first-order chi connectivity index (χ1) is 11.4. The summed E-state index contributed by atoms with van der Waals surface area (Å²) in [6.45, 7) is 2.10. The highest BCUT2D eigenvalue weighted by atomic mass is 16.5. The predicted molar refractivity (Wildman–Crippen MR) is 94.3 cm³/mol. The SMILES string of the molecule is C[N+]1(C)CCC(OC(=O)CC2C=CC=CC2(O)C2CCCC2)CC1. The van der Waals surface area contributed by atoms with E-state index in [1.807, 2.05) is 24.3 Å². The van der Waals surface area contributed by atoms with Gasteiger partial charge in [0.15, 0.2) is 0 Å². The van der Waals surface area contributed by atoms with E-state index in [0.29, 0.717) is 0 Å². The van der Waals surface area contributed by atoms with Gasteiger partial charge in [0.1, 0.15) is 6.10 Å². The summed E-state index contributed by atoms with van der Waals surface area (Å²) in [6, 6.07) is 0. The van der Waals surface area contributed by atoms with Crippen LogP contribution >= 0.6 is 0 Å². The number of ether oxygens (including phenoxy) is 1. The molecule has 4 nitrogen and oxygen atoms in total. The lowest BCUT2D eigenvalue weighted by atomic mass is 9.72. The van der Waals surface area contributed by atoms with Crippen molar-refractivity contribution in [2.75, 3.05) is 27.2 Å². The van der Waals surface area contributed by atoms with Crippen molar-refractivity contribution in [2.24, 2.45) is 11.8 Å². The maximum absolute atomic E-state index is 12.4. The van der Waals surface area contributed by atoms with Gasteiger partial charge in [-0.1, -0.05) is 37.1 Å². The first-order valence-electron chi connectivity index (χ1n) is 9.49. The highest BCUT2D eigenvalue weighted by molar-refractivity contribution is 5.70. The molecule has 1 saturated heterocycles. The van der Waals surface area contributed by atoms with Gasteiger partial charge in [0.2, 0.25) is 0 Å². The topological polar surface area (TPSA) is 46.5 Å². The number of hydrogen-bond acceptors (Lipinski definition) is 3. The Morgan fingerprint density at radius 2 is 1.83 bits per heavy atom. The van der Waals surface area contributed by atoms with Crippen LogP contribution in [0.1, 0.15) is 44.9 Å². The second-order valence-electron chi connectivity index (χ2n) is 8.50. The number of carbonyl (C=O) groups excluding carboxylic acids is 1. The summed E-state index contributed by atoms with van der Waals surface area (Å²) in [6.07, 6.45) is 14.4. The second-order valence-corrected chi connectivity index (χ2v) is 8.50. The Morgan fingerprint density at radius 1 is 1.17 bits per heavy atom. The Morgan fingerprint density at radius 3 is 2.50 bits per heavy atom. The lowest BCUT2D eigenvalue weighted by molar-refractivity contribution is -0.896. The summed E-state index contributed by atoms with van der Waals surface area (Å²) in [4.78, 5) is 12.4. The molecule has 0 radical (unpaired) electrons.